The normalized spacial score (nSPS) is 44.0. The first-order valence-corrected chi connectivity index (χ1v) is 16.1. The maximum Gasteiger partial charge on any atom is 0.192 e. The minimum Gasteiger partial charge on any atom is -0.414 e. The van der Waals surface area contributed by atoms with E-state index >= 15 is 0 Å². The summed E-state index contributed by atoms with van der Waals surface area (Å²) in [7, 11) is -1.71. The van der Waals surface area contributed by atoms with E-state index in [9.17, 15) is 4.79 Å². The van der Waals surface area contributed by atoms with Gasteiger partial charge in [-0.15, -0.1) is 0 Å². The molecule has 4 unspecified atom stereocenters. The highest BCUT2D eigenvalue weighted by molar-refractivity contribution is 6.74. The summed E-state index contributed by atoms with van der Waals surface area (Å²) in [4.78, 5) is 11.6. The van der Waals surface area contributed by atoms with Crippen LogP contribution in [0.3, 0.4) is 0 Å². The lowest BCUT2D eigenvalue weighted by Crippen LogP contribution is -2.52. The van der Waals surface area contributed by atoms with Gasteiger partial charge in [0.1, 0.15) is 6.29 Å². The minimum atomic E-state index is -1.71. The highest BCUT2D eigenvalue weighted by Crippen LogP contribution is 2.67. The first-order valence-electron chi connectivity index (χ1n) is 13.2. The molecule has 2 nitrogen and oxygen atoms in total. The van der Waals surface area contributed by atoms with Gasteiger partial charge in [-0.25, -0.2) is 0 Å². The lowest BCUT2D eigenvalue weighted by atomic mass is 9.47. The monoisotopic (exact) mass is 444 g/mol. The fraction of sp³-hybridized carbons (Fsp3) is 0.893. The first kappa shape index (κ1) is 23.7. The molecule has 3 fully saturated rings. The van der Waals surface area contributed by atoms with Gasteiger partial charge in [-0.1, -0.05) is 53.2 Å². The summed E-state index contributed by atoms with van der Waals surface area (Å²) < 4.78 is 6.88. The largest absolute Gasteiger partial charge is 0.414 e. The number of hydrogen-bond acceptors (Lipinski definition) is 2. The van der Waals surface area contributed by atoms with Crippen LogP contribution in [0.4, 0.5) is 0 Å². The highest BCUT2D eigenvalue weighted by atomic mass is 28.4. The zero-order chi connectivity index (χ0) is 22.8. The van der Waals surface area contributed by atoms with Crippen molar-refractivity contribution in [1.29, 1.82) is 0 Å². The Hall–Kier alpha value is -0.413. The van der Waals surface area contributed by atoms with Gasteiger partial charge in [-0.2, -0.15) is 0 Å². The molecule has 0 saturated heterocycles. The quantitative estimate of drug-likeness (QED) is 0.251. The second kappa shape index (κ2) is 7.83. The van der Waals surface area contributed by atoms with Crippen molar-refractivity contribution in [3.05, 3.63) is 11.6 Å². The zero-order valence-electron chi connectivity index (χ0n) is 21.6. The van der Waals surface area contributed by atoms with E-state index in [1.54, 1.807) is 5.57 Å². The number of allylic oxidation sites excluding steroid dienone is 1. The van der Waals surface area contributed by atoms with Gasteiger partial charge in [-0.3, -0.25) is 0 Å². The molecule has 4 aliphatic rings. The summed E-state index contributed by atoms with van der Waals surface area (Å²) in [5.41, 5.74) is 2.49. The molecular weight excluding hydrogens is 396 g/mol. The summed E-state index contributed by atoms with van der Waals surface area (Å²) in [5.74, 6) is 3.30. The van der Waals surface area contributed by atoms with Crippen molar-refractivity contribution in [1.82, 2.24) is 0 Å². The fourth-order valence-electron chi connectivity index (χ4n) is 8.32. The van der Waals surface area contributed by atoms with Crippen molar-refractivity contribution < 1.29 is 9.22 Å². The van der Waals surface area contributed by atoms with E-state index in [4.69, 9.17) is 4.43 Å². The number of aldehydes is 1. The molecule has 4 rings (SSSR count). The van der Waals surface area contributed by atoms with Crippen LogP contribution in [0.5, 0.6) is 0 Å². The van der Waals surface area contributed by atoms with Gasteiger partial charge in [0.15, 0.2) is 8.32 Å². The number of hydrogen-bond donors (Lipinski definition) is 0. The predicted octanol–water partition coefficient (Wildman–Crippen LogP) is 7.79. The second-order valence-electron chi connectivity index (χ2n) is 13.7. The third-order valence-corrected chi connectivity index (χ3v) is 15.8. The van der Waals surface area contributed by atoms with Gasteiger partial charge in [0, 0.05) is 12.0 Å². The number of carbonyl (C=O) groups excluding carboxylic acids is 1. The van der Waals surface area contributed by atoms with Gasteiger partial charge < -0.3 is 9.22 Å². The van der Waals surface area contributed by atoms with E-state index in [1.807, 2.05) is 0 Å². The van der Waals surface area contributed by atoms with Gasteiger partial charge in [-0.05, 0) is 104 Å². The molecule has 0 radical (unpaired) electrons. The van der Waals surface area contributed by atoms with Crippen molar-refractivity contribution in [2.75, 3.05) is 0 Å². The average Bonchev–Trinajstić information content (AvgIpc) is 3.04. The number of rotatable bonds is 4. The molecule has 0 aromatic heterocycles. The number of carbonyl (C=O) groups is 1. The maximum absolute atomic E-state index is 11.6. The molecule has 0 aromatic carbocycles. The molecule has 3 heteroatoms. The van der Waals surface area contributed by atoms with Gasteiger partial charge in [0.25, 0.3) is 0 Å². The Balaban J connectivity index is 1.53. The third kappa shape index (κ3) is 3.74. The Bertz CT molecular complexity index is 734. The third-order valence-electron chi connectivity index (χ3n) is 11.2. The Kier molecular flexibility index (Phi) is 5.99. The summed E-state index contributed by atoms with van der Waals surface area (Å²) in [6.45, 7) is 19.2. The Labute approximate surface area is 193 Å². The lowest BCUT2D eigenvalue weighted by molar-refractivity contribution is -0.115. The topological polar surface area (TPSA) is 26.3 Å². The zero-order valence-corrected chi connectivity index (χ0v) is 22.6. The molecule has 8 atom stereocenters. The molecule has 0 bridgehead atoms. The molecule has 0 aromatic rings. The van der Waals surface area contributed by atoms with E-state index in [0.29, 0.717) is 22.9 Å². The Morgan fingerprint density at radius 2 is 1.81 bits per heavy atom. The Morgan fingerprint density at radius 1 is 1.10 bits per heavy atom. The molecular formula is C28H48O2Si. The van der Waals surface area contributed by atoms with Crippen LogP contribution in [-0.4, -0.2) is 20.7 Å². The van der Waals surface area contributed by atoms with Crippen LogP contribution in [0.15, 0.2) is 11.6 Å². The average molecular weight is 445 g/mol. The SMILES string of the molecule is CC(C=O)[C@H]1CCC2C3CC=C4C[C@@H](O[Si](C)(C)C(C)(C)C)CC[C@]4(C)C3CC[C@@]21C. The van der Waals surface area contributed by atoms with E-state index in [2.05, 4.69) is 60.7 Å². The van der Waals surface area contributed by atoms with Crippen LogP contribution in [0, 0.1) is 40.4 Å². The molecule has 176 valence electrons. The molecule has 0 spiro atoms. The number of fused-ring (bicyclic) bond motifs is 5. The van der Waals surface area contributed by atoms with Gasteiger partial charge >= 0.3 is 0 Å². The molecule has 0 aliphatic heterocycles. The van der Waals surface area contributed by atoms with Crippen molar-refractivity contribution in [3.8, 4) is 0 Å². The van der Waals surface area contributed by atoms with Crippen LogP contribution < -0.4 is 0 Å². The summed E-state index contributed by atoms with van der Waals surface area (Å²) in [6, 6.07) is 0. The van der Waals surface area contributed by atoms with Crippen LogP contribution in [0.1, 0.15) is 92.9 Å². The van der Waals surface area contributed by atoms with E-state index in [1.165, 1.54) is 57.7 Å². The highest BCUT2D eigenvalue weighted by Gasteiger charge is 2.59. The van der Waals surface area contributed by atoms with Gasteiger partial charge in [0.2, 0.25) is 0 Å². The fourth-order valence-corrected chi connectivity index (χ4v) is 9.71. The molecule has 4 aliphatic carbocycles. The van der Waals surface area contributed by atoms with Crippen molar-refractivity contribution in [2.45, 2.75) is 117 Å². The standard InChI is InChI=1S/C28H48O2Si/c1-19(18-29)23-11-12-24-22-10-9-20-17-21(30-31(7,8)26(2,3)4)13-15-27(20,5)25(22)14-16-28(23,24)6/h9,18-19,21-25H,10-17H2,1-8H3/t19?,21-,22?,23+,24?,25?,27-,28+/m0/s1. The lowest BCUT2D eigenvalue weighted by Gasteiger charge is -2.58. The molecule has 3 saturated carbocycles. The summed E-state index contributed by atoms with van der Waals surface area (Å²) in [5, 5.41) is 0.283. The van der Waals surface area contributed by atoms with Gasteiger partial charge in [0.05, 0.1) is 0 Å². The van der Waals surface area contributed by atoms with Crippen molar-refractivity contribution in [2.24, 2.45) is 40.4 Å². The predicted molar refractivity (Wildman–Crippen MR) is 132 cm³/mol. The first-order chi connectivity index (χ1) is 14.3. The van der Waals surface area contributed by atoms with Crippen LogP contribution in [-0.2, 0) is 9.22 Å². The van der Waals surface area contributed by atoms with E-state index < -0.39 is 8.32 Å². The minimum absolute atomic E-state index is 0.222. The molecule has 0 heterocycles. The van der Waals surface area contributed by atoms with Crippen LogP contribution in [0.2, 0.25) is 18.1 Å². The summed E-state index contributed by atoms with van der Waals surface area (Å²) >= 11 is 0. The Morgan fingerprint density at radius 3 is 2.45 bits per heavy atom. The van der Waals surface area contributed by atoms with Crippen LogP contribution >= 0.6 is 0 Å². The summed E-state index contributed by atoms with van der Waals surface area (Å²) in [6.07, 6.45) is 14.6. The maximum atomic E-state index is 11.6. The van der Waals surface area contributed by atoms with E-state index in [0.717, 1.165) is 17.8 Å². The molecule has 31 heavy (non-hydrogen) atoms. The molecule has 0 N–H and O–H groups in total. The van der Waals surface area contributed by atoms with Crippen molar-refractivity contribution >= 4 is 14.6 Å². The van der Waals surface area contributed by atoms with Crippen molar-refractivity contribution in [3.63, 3.8) is 0 Å². The van der Waals surface area contributed by atoms with E-state index in [-0.39, 0.29) is 11.0 Å². The smallest absolute Gasteiger partial charge is 0.192 e. The second-order valence-corrected chi connectivity index (χ2v) is 18.5. The molecule has 0 amide bonds. The van der Waals surface area contributed by atoms with Crippen LogP contribution in [0.25, 0.3) is 0 Å².